The predicted molar refractivity (Wildman–Crippen MR) is 82.7 cm³/mol. The standard InChI is InChI=1S/C16H15N3OS/c20-19-10-5-4-8-16(19)21-13-15-17-9-11-18(15)12-14-6-2-1-3-7-14/h1-11H,12-13H2. The smallest absolute Gasteiger partial charge is 0.251 e. The van der Waals surface area contributed by atoms with E-state index in [9.17, 15) is 5.21 Å². The molecule has 4 nitrogen and oxygen atoms in total. The highest BCUT2D eigenvalue weighted by molar-refractivity contribution is 7.98. The summed E-state index contributed by atoms with van der Waals surface area (Å²) >= 11 is 1.50. The summed E-state index contributed by atoms with van der Waals surface area (Å²) in [7, 11) is 0. The van der Waals surface area contributed by atoms with E-state index < -0.39 is 0 Å². The van der Waals surface area contributed by atoms with Gasteiger partial charge in [-0.2, -0.15) is 4.73 Å². The molecule has 0 radical (unpaired) electrons. The maximum atomic E-state index is 11.6. The van der Waals surface area contributed by atoms with Gasteiger partial charge < -0.3 is 9.77 Å². The van der Waals surface area contributed by atoms with Gasteiger partial charge in [0.2, 0.25) is 0 Å². The van der Waals surface area contributed by atoms with Gasteiger partial charge in [-0.15, -0.1) is 0 Å². The molecule has 5 heteroatoms. The summed E-state index contributed by atoms with van der Waals surface area (Å²) in [5.41, 5.74) is 1.24. The highest BCUT2D eigenvalue weighted by Gasteiger charge is 2.09. The number of benzene rings is 1. The molecule has 0 aliphatic heterocycles. The van der Waals surface area contributed by atoms with Gasteiger partial charge in [-0.05, 0) is 23.4 Å². The molecule has 0 aliphatic carbocycles. The molecule has 2 aromatic heterocycles. The van der Waals surface area contributed by atoms with E-state index in [1.54, 1.807) is 12.3 Å². The largest absolute Gasteiger partial charge is 0.618 e. The lowest BCUT2D eigenvalue weighted by atomic mass is 10.2. The maximum absolute atomic E-state index is 11.6. The molecule has 0 amide bonds. The summed E-state index contributed by atoms with van der Waals surface area (Å²) < 4.78 is 3.00. The van der Waals surface area contributed by atoms with Crippen LogP contribution >= 0.6 is 11.8 Å². The van der Waals surface area contributed by atoms with E-state index in [2.05, 4.69) is 21.7 Å². The summed E-state index contributed by atoms with van der Waals surface area (Å²) in [4.78, 5) is 4.39. The molecule has 0 unspecified atom stereocenters. The third kappa shape index (κ3) is 3.44. The summed E-state index contributed by atoms with van der Waals surface area (Å²) in [6.45, 7) is 0.795. The Balaban J connectivity index is 1.70. The molecule has 3 rings (SSSR count). The van der Waals surface area contributed by atoms with E-state index in [1.807, 2.05) is 36.5 Å². The van der Waals surface area contributed by atoms with Crippen molar-refractivity contribution in [3.63, 3.8) is 0 Å². The minimum Gasteiger partial charge on any atom is -0.618 e. The third-order valence-electron chi connectivity index (χ3n) is 3.14. The van der Waals surface area contributed by atoms with Crippen molar-refractivity contribution in [2.24, 2.45) is 0 Å². The molecule has 0 saturated carbocycles. The number of hydrogen-bond acceptors (Lipinski definition) is 3. The van der Waals surface area contributed by atoms with Crippen LogP contribution in [0.4, 0.5) is 0 Å². The minimum absolute atomic E-state index is 0.673. The summed E-state index contributed by atoms with van der Waals surface area (Å²) in [6, 6.07) is 15.7. The molecule has 106 valence electrons. The first kappa shape index (κ1) is 13.7. The average Bonchev–Trinajstić information content (AvgIpc) is 2.95. The van der Waals surface area contributed by atoms with Gasteiger partial charge in [-0.25, -0.2) is 4.98 Å². The van der Waals surface area contributed by atoms with Gasteiger partial charge in [0.05, 0.1) is 5.75 Å². The Morgan fingerprint density at radius 3 is 2.71 bits per heavy atom. The van der Waals surface area contributed by atoms with Gasteiger partial charge >= 0.3 is 0 Å². The fraction of sp³-hybridized carbons (Fsp3) is 0.125. The van der Waals surface area contributed by atoms with Crippen LogP contribution in [0.1, 0.15) is 11.4 Å². The van der Waals surface area contributed by atoms with Crippen LogP contribution in [-0.2, 0) is 12.3 Å². The second-order valence-corrected chi connectivity index (χ2v) is 5.61. The zero-order valence-electron chi connectivity index (χ0n) is 11.4. The topological polar surface area (TPSA) is 44.8 Å². The molecule has 0 bridgehead atoms. The van der Waals surface area contributed by atoms with Crippen LogP contribution in [0, 0.1) is 5.21 Å². The fourth-order valence-corrected chi connectivity index (χ4v) is 2.95. The molecule has 0 aliphatic rings. The Morgan fingerprint density at radius 1 is 1.10 bits per heavy atom. The molecule has 2 heterocycles. The number of aromatic nitrogens is 3. The van der Waals surface area contributed by atoms with Crippen LogP contribution in [0.25, 0.3) is 0 Å². The molecular formula is C16H15N3OS. The average molecular weight is 297 g/mol. The van der Waals surface area contributed by atoms with Crippen molar-refractivity contribution in [3.05, 3.63) is 83.7 Å². The van der Waals surface area contributed by atoms with Crippen molar-refractivity contribution in [1.82, 2.24) is 9.55 Å². The lowest BCUT2D eigenvalue weighted by molar-refractivity contribution is -0.645. The van der Waals surface area contributed by atoms with Crippen molar-refractivity contribution >= 4 is 11.8 Å². The monoisotopic (exact) mass is 297 g/mol. The quantitative estimate of drug-likeness (QED) is 0.413. The number of rotatable bonds is 5. The normalized spacial score (nSPS) is 10.7. The molecule has 3 aromatic rings. The molecule has 0 spiro atoms. The Labute approximate surface area is 127 Å². The van der Waals surface area contributed by atoms with Crippen LogP contribution in [-0.4, -0.2) is 9.55 Å². The second-order valence-electron chi connectivity index (χ2n) is 4.61. The lowest BCUT2D eigenvalue weighted by Gasteiger charge is -2.08. The number of pyridine rings is 1. The van der Waals surface area contributed by atoms with Gasteiger partial charge in [0.15, 0.2) is 6.20 Å². The van der Waals surface area contributed by atoms with E-state index in [-0.39, 0.29) is 0 Å². The summed E-state index contributed by atoms with van der Waals surface area (Å²) in [5.74, 6) is 1.64. The van der Waals surface area contributed by atoms with Crippen molar-refractivity contribution in [3.8, 4) is 0 Å². The highest BCUT2D eigenvalue weighted by Crippen LogP contribution is 2.18. The van der Waals surface area contributed by atoms with Crippen LogP contribution in [0.5, 0.6) is 0 Å². The highest BCUT2D eigenvalue weighted by atomic mass is 32.2. The van der Waals surface area contributed by atoms with E-state index >= 15 is 0 Å². The van der Waals surface area contributed by atoms with Crippen LogP contribution in [0.3, 0.4) is 0 Å². The zero-order chi connectivity index (χ0) is 14.5. The Bertz CT molecular complexity index is 712. The van der Waals surface area contributed by atoms with Crippen LogP contribution < -0.4 is 4.73 Å². The first-order valence-electron chi connectivity index (χ1n) is 6.68. The van der Waals surface area contributed by atoms with E-state index in [0.29, 0.717) is 10.8 Å². The molecule has 21 heavy (non-hydrogen) atoms. The van der Waals surface area contributed by atoms with Gasteiger partial charge in [0, 0.05) is 31.1 Å². The summed E-state index contributed by atoms with van der Waals surface area (Å²) in [6.07, 6.45) is 5.28. The maximum Gasteiger partial charge on any atom is 0.251 e. The molecular weight excluding hydrogens is 282 g/mol. The van der Waals surface area contributed by atoms with E-state index in [1.165, 1.54) is 23.5 Å². The van der Waals surface area contributed by atoms with Crippen molar-refractivity contribution in [2.45, 2.75) is 17.3 Å². The number of thioether (sulfide) groups is 1. The fourth-order valence-electron chi connectivity index (χ4n) is 2.07. The van der Waals surface area contributed by atoms with Gasteiger partial charge in [-0.3, -0.25) is 0 Å². The second kappa shape index (κ2) is 6.45. The molecule has 1 aromatic carbocycles. The van der Waals surface area contributed by atoms with E-state index in [4.69, 9.17) is 0 Å². The SMILES string of the molecule is [O-][n+]1ccccc1SCc1nccn1Cc1ccccc1. The zero-order valence-corrected chi connectivity index (χ0v) is 12.2. The molecule has 0 N–H and O–H groups in total. The first-order valence-corrected chi connectivity index (χ1v) is 7.66. The Kier molecular flexibility index (Phi) is 4.21. The Hall–Kier alpha value is -2.27. The number of hydrogen-bond donors (Lipinski definition) is 0. The molecule has 0 saturated heterocycles. The first-order chi connectivity index (χ1) is 10.3. The third-order valence-corrected chi connectivity index (χ3v) is 4.15. The van der Waals surface area contributed by atoms with Gasteiger partial charge in [-0.1, -0.05) is 30.3 Å². The molecule has 0 atom stereocenters. The predicted octanol–water partition coefficient (Wildman–Crippen LogP) is 2.86. The lowest BCUT2D eigenvalue weighted by Crippen LogP contribution is -2.27. The Morgan fingerprint density at radius 2 is 1.90 bits per heavy atom. The van der Waals surface area contributed by atoms with Crippen molar-refractivity contribution in [1.29, 1.82) is 0 Å². The number of imidazole rings is 1. The van der Waals surface area contributed by atoms with Crippen molar-refractivity contribution in [2.75, 3.05) is 0 Å². The van der Waals surface area contributed by atoms with Crippen molar-refractivity contribution < 1.29 is 4.73 Å². The minimum atomic E-state index is 0.673. The van der Waals surface area contributed by atoms with E-state index in [0.717, 1.165) is 17.1 Å². The summed E-state index contributed by atoms with van der Waals surface area (Å²) in [5, 5.41) is 12.3. The number of nitrogens with zero attached hydrogens (tertiary/aromatic N) is 3. The van der Waals surface area contributed by atoms with Gasteiger partial charge in [0.1, 0.15) is 5.82 Å². The van der Waals surface area contributed by atoms with Gasteiger partial charge in [0.25, 0.3) is 5.03 Å². The molecule has 0 fully saturated rings. The van der Waals surface area contributed by atoms with Crippen LogP contribution in [0.2, 0.25) is 0 Å². The van der Waals surface area contributed by atoms with Crippen LogP contribution in [0.15, 0.2) is 72.1 Å².